The molecule has 8 heteroatoms. The van der Waals surface area contributed by atoms with Crippen LogP contribution in [0.15, 0.2) is 47.4 Å². The molecule has 1 unspecified atom stereocenters. The molecule has 3 rings (SSSR count). The van der Waals surface area contributed by atoms with E-state index in [1.807, 2.05) is 24.3 Å². The highest BCUT2D eigenvalue weighted by Crippen LogP contribution is 2.24. The molecule has 1 heterocycles. The number of ether oxygens (including phenoxy) is 2. The number of benzene rings is 2. The minimum Gasteiger partial charge on any atom is -0.497 e. The topological polar surface area (TPSA) is 50.8 Å². The smallest absolute Gasteiger partial charge is 0.230 e. The zero-order chi connectivity index (χ0) is 20.6. The van der Waals surface area contributed by atoms with Gasteiger partial charge in [0, 0.05) is 24.5 Å². The van der Waals surface area contributed by atoms with Crippen molar-refractivity contribution in [1.29, 1.82) is 0 Å². The predicted octanol–water partition coefficient (Wildman–Crippen LogP) is 3.26. The standard InChI is InChI=1S/C21H24F2N2O3S/c1-27-16-4-2-15(3-5-16)20(25-8-10-28-11-9-25)13-24-21(26)14-29-17-6-7-18(22)19(23)12-17/h2-7,12,20H,8-11,13-14H2,1H3,(H,24,26). The lowest BCUT2D eigenvalue weighted by Crippen LogP contribution is -2.44. The van der Waals surface area contributed by atoms with Crippen molar-refractivity contribution >= 4 is 17.7 Å². The van der Waals surface area contributed by atoms with Crippen LogP contribution in [0.2, 0.25) is 0 Å². The summed E-state index contributed by atoms with van der Waals surface area (Å²) < 4.78 is 37.0. The maximum absolute atomic E-state index is 13.3. The Morgan fingerprint density at radius 3 is 2.55 bits per heavy atom. The molecule has 29 heavy (non-hydrogen) atoms. The number of morpholine rings is 1. The fraction of sp³-hybridized carbons (Fsp3) is 0.381. The predicted molar refractivity (Wildman–Crippen MR) is 108 cm³/mol. The summed E-state index contributed by atoms with van der Waals surface area (Å²) in [6.45, 7) is 3.34. The first kappa shape index (κ1) is 21.5. The van der Waals surface area contributed by atoms with Crippen LogP contribution >= 0.6 is 11.8 Å². The second-order valence-corrected chi connectivity index (χ2v) is 7.65. The molecule has 2 aromatic carbocycles. The lowest BCUT2D eigenvalue weighted by Gasteiger charge is -2.35. The molecular weight excluding hydrogens is 398 g/mol. The average molecular weight is 422 g/mol. The Hall–Kier alpha value is -2.16. The largest absolute Gasteiger partial charge is 0.497 e. The van der Waals surface area contributed by atoms with Gasteiger partial charge in [0.2, 0.25) is 5.91 Å². The van der Waals surface area contributed by atoms with Gasteiger partial charge in [-0.1, -0.05) is 12.1 Å². The second-order valence-electron chi connectivity index (χ2n) is 6.61. The van der Waals surface area contributed by atoms with Crippen LogP contribution in [-0.2, 0) is 9.53 Å². The summed E-state index contributed by atoms with van der Waals surface area (Å²) in [4.78, 5) is 15.1. The van der Waals surface area contributed by atoms with Crippen molar-refractivity contribution < 1.29 is 23.0 Å². The van der Waals surface area contributed by atoms with Gasteiger partial charge in [-0.3, -0.25) is 9.69 Å². The first-order chi connectivity index (χ1) is 14.1. The summed E-state index contributed by atoms with van der Waals surface area (Å²) in [6, 6.07) is 11.5. The second kappa shape index (κ2) is 10.6. The molecule has 156 valence electrons. The Morgan fingerprint density at radius 1 is 1.17 bits per heavy atom. The number of amides is 1. The molecule has 1 amide bonds. The number of rotatable bonds is 8. The van der Waals surface area contributed by atoms with Gasteiger partial charge in [0.25, 0.3) is 0 Å². The van der Waals surface area contributed by atoms with Crippen LogP contribution in [0.5, 0.6) is 5.75 Å². The molecule has 0 spiro atoms. The van der Waals surface area contributed by atoms with Crippen molar-refractivity contribution in [2.45, 2.75) is 10.9 Å². The van der Waals surface area contributed by atoms with Crippen molar-refractivity contribution in [3.8, 4) is 5.75 Å². The Kier molecular flexibility index (Phi) is 7.85. The molecule has 1 saturated heterocycles. The van der Waals surface area contributed by atoms with Crippen molar-refractivity contribution in [3.05, 3.63) is 59.7 Å². The third-order valence-corrected chi connectivity index (χ3v) is 5.73. The number of hydrogen-bond donors (Lipinski definition) is 1. The van der Waals surface area contributed by atoms with Gasteiger partial charge in [-0.2, -0.15) is 0 Å². The van der Waals surface area contributed by atoms with Gasteiger partial charge in [0.05, 0.1) is 32.1 Å². The quantitative estimate of drug-likeness (QED) is 0.662. The Labute approximate surface area is 173 Å². The molecule has 0 radical (unpaired) electrons. The van der Waals surface area contributed by atoms with Crippen LogP contribution in [0.4, 0.5) is 8.78 Å². The molecule has 1 fully saturated rings. The van der Waals surface area contributed by atoms with E-state index in [1.165, 1.54) is 17.8 Å². The van der Waals surface area contributed by atoms with E-state index in [0.29, 0.717) is 24.7 Å². The first-order valence-corrected chi connectivity index (χ1v) is 10.4. The Bertz CT molecular complexity index is 814. The fourth-order valence-electron chi connectivity index (χ4n) is 3.15. The lowest BCUT2D eigenvalue weighted by atomic mass is 10.0. The Balaban J connectivity index is 1.59. The van der Waals surface area contributed by atoms with Gasteiger partial charge in [-0.05, 0) is 35.9 Å². The molecule has 1 aliphatic heterocycles. The third kappa shape index (κ3) is 6.16. The number of halogens is 2. The fourth-order valence-corrected chi connectivity index (χ4v) is 3.90. The van der Waals surface area contributed by atoms with Crippen LogP contribution in [0, 0.1) is 11.6 Å². The number of carbonyl (C=O) groups is 1. The normalized spacial score (nSPS) is 15.7. The molecule has 0 aliphatic carbocycles. The van der Waals surface area contributed by atoms with Crippen LogP contribution in [0.1, 0.15) is 11.6 Å². The van der Waals surface area contributed by atoms with E-state index in [0.717, 1.165) is 36.5 Å². The van der Waals surface area contributed by atoms with E-state index in [1.54, 1.807) is 7.11 Å². The van der Waals surface area contributed by atoms with Crippen molar-refractivity contribution in [3.63, 3.8) is 0 Å². The average Bonchev–Trinajstić information content (AvgIpc) is 2.76. The minimum atomic E-state index is -0.915. The number of nitrogens with one attached hydrogen (secondary N) is 1. The zero-order valence-corrected chi connectivity index (χ0v) is 17.0. The van der Waals surface area contributed by atoms with E-state index in [-0.39, 0.29) is 17.7 Å². The molecule has 1 atom stereocenters. The van der Waals surface area contributed by atoms with E-state index in [4.69, 9.17) is 9.47 Å². The molecule has 0 bridgehead atoms. The lowest BCUT2D eigenvalue weighted by molar-refractivity contribution is -0.118. The summed E-state index contributed by atoms with van der Waals surface area (Å²) in [5.41, 5.74) is 1.08. The first-order valence-electron chi connectivity index (χ1n) is 9.37. The number of carbonyl (C=O) groups excluding carboxylic acids is 1. The molecule has 0 aromatic heterocycles. The van der Waals surface area contributed by atoms with Crippen LogP contribution < -0.4 is 10.1 Å². The highest BCUT2D eigenvalue weighted by molar-refractivity contribution is 8.00. The van der Waals surface area contributed by atoms with Gasteiger partial charge >= 0.3 is 0 Å². The Morgan fingerprint density at radius 2 is 1.90 bits per heavy atom. The summed E-state index contributed by atoms with van der Waals surface area (Å²) >= 11 is 1.17. The van der Waals surface area contributed by atoms with Gasteiger partial charge in [-0.15, -0.1) is 11.8 Å². The number of thioether (sulfide) groups is 1. The van der Waals surface area contributed by atoms with Gasteiger partial charge < -0.3 is 14.8 Å². The van der Waals surface area contributed by atoms with Crippen LogP contribution in [0.25, 0.3) is 0 Å². The van der Waals surface area contributed by atoms with Crippen LogP contribution in [-0.4, -0.2) is 56.5 Å². The maximum Gasteiger partial charge on any atom is 0.230 e. The number of methoxy groups -OCH3 is 1. The summed E-state index contributed by atoms with van der Waals surface area (Å²) in [7, 11) is 1.62. The molecule has 2 aromatic rings. The van der Waals surface area contributed by atoms with E-state index >= 15 is 0 Å². The van der Waals surface area contributed by atoms with Crippen LogP contribution in [0.3, 0.4) is 0 Å². The molecule has 0 saturated carbocycles. The monoisotopic (exact) mass is 422 g/mol. The van der Waals surface area contributed by atoms with E-state index in [9.17, 15) is 13.6 Å². The van der Waals surface area contributed by atoms with E-state index < -0.39 is 11.6 Å². The van der Waals surface area contributed by atoms with Crippen molar-refractivity contribution in [1.82, 2.24) is 10.2 Å². The van der Waals surface area contributed by atoms with E-state index in [2.05, 4.69) is 10.2 Å². The number of hydrogen-bond acceptors (Lipinski definition) is 5. The molecule has 1 aliphatic rings. The van der Waals surface area contributed by atoms with Gasteiger partial charge in [0.1, 0.15) is 5.75 Å². The maximum atomic E-state index is 13.3. The molecular formula is C21H24F2N2O3S. The summed E-state index contributed by atoms with van der Waals surface area (Å²) in [6.07, 6.45) is 0. The molecule has 5 nitrogen and oxygen atoms in total. The van der Waals surface area contributed by atoms with Crippen molar-refractivity contribution in [2.24, 2.45) is 0 Å². The minimum absolute atomic E-state index is 0.0158. The highest BCUT2D eigenvalue weighted by atomic mass is 32.2. The number of nitrogens with zero attached hydrogens (tertiary/aromatic N) is 1. The highest BCUT2D eigenvalue weighted by Gasteiger charge is 2.23. The third-order valence-electron chi connectivity index (χ3n) is 4.74. The SMILES string of the molecule is COc1ccc(C(CNC(=O)CSc2ccc(F)c(F)c2)N2CCOCC2)cc1. The van der Waals surface area contributed by atoms with Gasteiger partial charge in [-0.25, -0.2) is 8.78 Å². The summed E-state index contributed by atoms with van der Waals surface area (Å²) in [5, 5.41) is 2.96. The molecule has 1 N–H and O–H groups in total. The van der Waals surface area contributed by atoms with Crippen molar-refractivity contribution in [2.75, 3.05) is 45.7 Å². The zero-order valence-electron chi connectivity index (χ0n) is 16.2. The van der Waals surface area contributed by atoms with Gasteiger partial charge in [0.15, 0.2) is 11.6 Å². The summed E-state index contributed by atoms with van der Waals surface area (Å²) in [5.74, 6) is -1.06.